The van der Waals surface area contributed by atoms with Gasteiger partial charge in [0.25, 0.3) is 5.69 Å². The Bertz CT molecular complexity index is 2570. The molecule has 8 aromatic rings. The van der Waals surface area contributed by atoms with Gasteiger partial charge in [0.2, 0.25) is 0 Å². The van der Waals surface area contributed by atoms with Gasteiger partial charge < -0.3 is 0 Å². The Morgan fingerprint density at radius 1 is 0.438 bits per heavy atom. The number of nitrogens with zero attached hydrogens (tertiary/aromatic N) is 4. The van der Waals surface area contributed by atoms with Gasteiger partial charge in [0.05, 0.1) is 45.8 Å². The maximum absolute atomic E-state index is 14.9. The summed E-state index contributed by atoms with van der Waals surface area (Å²) in [6.45, 7) is 6.89. The molecule has 0 amide bonds. The van der Waals surface area contributed by atoms with Crippen LogP contribution in [0.3, 0.4) is 0 Å². The summed E-state index contributed by atoms with van der Waals surface area (Å²) in [5, 5.41) is 2.47. The molecule has 0 spiro atoms. The number of hydrogen-bond acceptors (Lipinski definition) is 3. The van der Waals surface area contributed by atoms with E-state index in [4.69, 9.17) is 21.5 Å². The second kappa shape index (κ2) is 11.4. The van der Waals surface area contributed by atoms with Crippen molar-refractivity contribution in [3.8, 4) is 44.9 Å². The van der Waals surface area contributed by atoms with Gasteiger partial charge in [0, 0.05) is 32.8 Å². The van der Waals surface area contributed by atoms with Crippen LogP contribution in [0.2, 0.25) is 0 Å². The quantitative estimate of drug-likeness (QED) is 0.0839. The van der Waals surface area contributed by atoms with E-state index in [0.717, 1.165) is 38.7 Å². The highest BCUT2D eigenvalue weighted by molar-refractivity contribution is 6.21. The first-order valence-corrected chi connectivity index (χ1v) is 14.9. The molecule has 8 rings (SSSR count). The number of hydrogen-bond donors (Lipinski definition) is 0. The molecule has 0 saturated heterocycles. The number of rotatable bonds is 4. The number of aromatic nitrogens is 3. The van der Waals surface area contributed by atoms with Crippen molar-refractivity contribution in [1.29, 1.82) is 0 Å². The molecule has 0 aliphatic rings. The first kappa shape index (κ1) is 29.0. The normalized spacial score (nSPS) is 11.3. The van der Waals surface area contributed by atoms with E-state index in [0.29, 0.717) is 27.8 Å². The van der Waals surface area contributed by atoms with Crippen molar-refractivity contribution < 1.29 is 17.6 Å². The third kappa shape index (κ3) is 4.56. The van der Waals surface area contributed by atoms with Crippen LogP contribution in [0.5, 0.6) is 0 Å². The fourth-order valence-electron chi connectivity index (χ4n) is 6.14. The molecule has 0 saturated carbocycles. The highest BCUT2D eigenvalue weighted by Crippen LogP contribution is 2.40. The van der Waals surface area contributed by atoms with Crippen LogP contribution >= 0.6 is 0 Å². The second-order valence-electron chi connectivity index (χ2n) is 11.2. The van der Waals surface area contributed by atoms with E-state index in [1.54, 1.807) is 12.1 Å². The molecule has 6 aromatic carbocycles. The lowest BCUT2D eigenvalue weighted by Crippen LogP contribution is -2.00. The lowest BCUT2D eigenvalue weighted by atomic mass is 9.96. The smallest absolute Gasteiger partial charge is 0.247 e. The Labute approximate surface area is 271 Å². The highest BCUT2D eigenvalue weighted by Gasteiger charge is 2.27. The Hall–Kier alpha value is -6.46. The Morgan fingerprint density at radius 3 is 1.58 bits per heavy atom. The minimum atomic E-state index is -1.73. The van der Waals surface area contributed by atoms with Gasteiger partial charge in [-0.2, -0.15) is 0 Å². The van der Waals surface area contributed by atoms with Crippen LogP contribution in [-0.4, -0.2) is 15.0 Å². The zero-order chi connectivity index (χ0) is 32.9. The molecule has 0 bridgehead atoms. The first-order chi connectivity index (χ1) is 23.4. The fraction of sp³-hybridized carbons (Fsp3) is 0. The molecule has 0 aliphatic carbocycles. The SMILES string of the molecule is [C-]#[N+]c1c(F)c(F)c(-c2ccc(-c3nc4ccccc4c4c3ccc3nc(-c5ccccc5)c(-c5ccccc5)nc34)cc2)c(F)c1F. The largest absolute Gasteiger partial charge is 0.262 e. The summed E-state index contributed by atoms with van der Waals surface area (Å²) >= 11 is 0. The monoisotopic (exact) mass is 632 g/mol. The lowest BCUT2D eigenvalue weighted by molar-refractivity contribution is 0.465. The zero-order valence-corrected chi connectivity index (χ0v) is 24.8. The number of fused-ring (bicyclic) bond motifs is 5. The predicted molar refractivity (Wildman–Crippen MR) is 180 cm³/mol. The summed E-state index contributed by atoms with van der Waals surface area (Å²) in [5.41, 5.74) is 4.27. The van der Waals surface area contributed by atoms with Gasteiger partial charge in [-0.05, 0) is 23.8 Å². The van der Waals surface area contributed by atoms with Crippen LogP contribution in [0.15, 0.2) is 121 Å². The van der Waals surface area contributed by atoms with E-state index in [1.807, 2.05) is 97.1 Å². The van der Waals surface area contributed by atoms with Gasteiger partial charge in [0.15, 0.2) is 23.3 Å². The fourth-order valence-corrected chi connectivity index (χ4v) is 6.14. The molecule has 4 nitrogen and oxygen atoms in total. The zero-order valence-electron chi connectivity index (χ0n) is 24.8. The van der Waals surface area contributed by atoms with E-state index >= 15 is 0 Å². The van der Waals surface area contributed by atoms with Gasteiger partial charge in [-0.25, -0.2) is 37.4 Å². The summed E-state index contributed by atoms with van der Waals surface area (Å²) in [6, 6.07) is 37.2. The van der Waals surface area contributed by atoms with Gasteiger partial charge in [0.1, 0.15) is 0 Å². The number of pyridine rings is 1. The van der Waals surface area contributed by atoms with Crippen LogP contribution in [0, 0.1) is 29.8 Å². The second-order valence-corrected chi connectivity index (χ2v) is 11.2. The molecular weight excluding hydrogens is 612 g/mol. The minimum Gasteiger partial charge on any atom is -0.247 e. The third-order valence-corrected chi connectivity index (χ3v) is 8.39. The van der Waals surface area contributed by atoms with E-state index in [2.05, 4.69) is 4.85 Å². The summed E-state index contributed by atoms with van der Waals surface area (Å²) in [6.07, 6.45) is 0. The highest BCUT2D eigenvalue weighted by atomic mass is 19.2. The molecule has 0 radical (unpaired) electrons. The summed E-state index contributed by atoms with van der Waals surface area (Å²) in [5.74, 6) is -6.72. The third-order valence-electron chi connectivity index (χ3n) is 8.39. The average molecular weight is 633 g/mol. The van der Waals surface area contributed by atoms with E-state index < -0.39 is 34.5 Å². The number of para-hydroxylation sites is 1. The summed E-state index contributed by atoms with van der Waals surface area (Å²) in [7, 11) is 0. The van der Waals surface area contributed by atoms with Gasteiger partial charge in [-0.1, -0.05) is 103 Å². The van der Waals surface area contributed by atoms with Gasteiger partial charge in [-0.15, -0.1) is 0 Å². The molecular formula is C40H20F4N4. The maximum Gasteiger partial charge on any atom is 0.262 e. The van der Waals surface area contributed by atoms with Crippen LogP contribution in [-0.2, 0) is 0 Å². The topological polar surface area (TPSA) is 43.0 Å². The number of halogens is 4. The Kier molecular flexibility index (Phi) is 6.89. The molecule has 0 N–H and O–H groups in total. The van der Waals surface area contributed by atoms with Crippen LogP contribution in [0.4, 0.5) is 23.2 Å². The molecule has 0 unspecified atom stereocenters. The van der Waals surface area contributed by atoms with Crippen molar-refractivity contribution in [1.82, 2.24) is 15.0 Å². The van der Waals surface area contributed by atoms with Crippen molar-refractivity contribution in [3.63, 3.8) is 0 Å². The van der Waals surface area contributed by atoms with Gasteiger partial charge in [-0.3, -0.25) is 0 Å². The minimum absolute atomic E-state index is 0.0922. The van der Waals surface area contributed by atoms with Crippen molar-refractivity contribution in [2.75, 3.05) is 0 Å². The summed E-state index contributed by atoms with van der Waals surface area (Å²) in [4.78, 5) is 18.0. The van der Waals surface area contributed by atoms with Crippen molar-refractivity contribution >= 4 is 38.4 Å². The lowest BCUT2D eigenvalue weighted by Gasteiger charge is -2.15. The van der Waals surface area contributed by atoms with Crippen molar-refractivity contribution in [3.05, 3.63) is 156 Å². The number of benzene rings is 6. The summed E-state index contributed by atoms with van der Waals surface area (Å²) < 4.78 is 58.6. The molecule has 2 heterocycles. The van der Waals surface area contributed by atoms with Crippen LogP contribution in [0.25, 0.3) is 82.5 Å². The average Bonchev–Trinajstić information content (AvgIpc) is 3.14. The Morgan fingerprint density at radius 2 is 0.958 bits per heavy atom. The Balaban J connectivity index is 1.37. The molecule has 0 aliphatic heterocycles. The molecule has 0 atom stereocenters. The molecule has 0 fully saturated rings. The molecule has 48 heavy (non-hydrogen) atoms. The molecule has 228 valence electrons. The van der Waals surface area contributed by atoms with Crippen molar-refractivity contribution in [2.45, 2.75) is 0 Å². The maximum atomic E-state index is 14.9. The van der Waals surface area contributed by atoms with Gasteiger partial charge >= 0.3 is 0 Å². The van der Waals surface area contributed by atoms with E-state index in [9.17, 15) is 17.6 Å². The van der Waals surface area contributed by atoms with Crippen LogP contribution in [0.1, 0.15) is 0 Å². The van der Waals surface area contributed by atoms with E-state index in [-0.39, 0.29) is 5.56 Å². The molecule has 8 heteroatoms. The molecule has 2 aromatic heterocycles. The van der Waals surface area contributed by atoms with Crippen LogP contribution < -0.4 is 0 Å². The predicted octanol–water partition coefficient (Wildman–Crippen LogP) is 11.1. The first-order valence-electron chi connectivity index (χ1n) is 14.9. The standard InChI is InChI=1S/C40H20F4N4/c1-45-40-34(43)32(41)30(33(42)35(40)44)22-16-18-25(19-17-22)36-27-20-21-29-39(31(27)26-14-8-9-15-28(26)46-36)48-38(24-12-6-3-7-13-24)37(47-29)23-10-4-2-5-11-23/h2-21H. The van der Waals surface area contributed by atoms with E-state index in [1.165, 1.54) is 12.1 Å². The van der Waals surface area contributed by atoms with Crippen molar-refractivity contribution in [2.24, 2.45) is 0 Å².